The molecule has 0 saturated carbocycles. The molecule has 0 radical (unpaired) electrons. The number of likely N-dealkylation sites (N-methyl/N-ethyl adjacent to an activating group) is 1. The number of fused-ring (bicyclic) bond motifs is 1. The maximum absolute atomic E-state index is 13.3. The summed E-state index contributed by atoms with van der Waals surface area (Å²) >= 11 is 12.0. The van der Waals surface area contributed by atoms with Crippen molar-refractivity contribution < 1.29 is 32.3 Å². The number of nitrogens with zero attached hydrogens (tertiary/aromatic N) is 2. The van der Waals surface area contributed by atoms with Gasteiger partial charge in [-0.1, -0.05) is 43.1 Å². The van der Waals surface area contributed by atoms with E-state index in [-0.39, 0.29) is 50.2 Å². The van der Waals surface area contributed by atoms with Gasteiger partial charge in [0.05, 0.1) is 21.2 Å². The lowest BCUT2D eigenvalue weighted by atomic mass is 9.96. The highest BCUT2D eigenvalue weighted by Crippen LogP contribution is 2.38. The number of esters is 1. The largest absolute Gasteiger partial charge is 0.484 e. The molecule has 0 aliphatic carbocycles. The van der Waals surface area contributed by atoms with Gasteiger partial charge in [0.15, 0.2) is 13.3 Å². The van der Waals surface area contributed by atoms with Crippen LogP contribution in [0.4, 0.5) is 0 Å². The molecule has 13 heteroatoms. The third-order valence-electron chi connectivity index (χ3n) is 5.47. The number of halogens is 2. The number of nitrogens with one attached hydrogen (secondary N) is 1. The van der Waals surface area contributed by atoms with E-state index >= 15 is 0 Å². The molecule has 10 nitrogen and oxygen atoms in total. The van der Waals surface area contributed by atoms with Crippen LogP contribution >= 0.6 is 23.2 Å². The van der Waals surface area contributed by atoms with Crippen LogP contribution in [0, 0.1) is 0 Å². The first-order valence-corrected chi connectivity index (χ1v) is 13.4. The summed E-state index contributed by atoms with van der Waals surface area (Å²) in [5, 5.41) is 2.74. The molecule has 2 aromatic carbocycles. The van der Waals surface area contributed by atoms with Gasteiger partial charge in [0.2, 0.25) is 0 Å². The molecule has 2 amide bonds. The molecule has 1 aliphatic rings. The van der Waals surface area contributed by atoms with Gasteiger partial charge in [-0.15, -0.1) is 0 Å². The normalized spacial score (nSPS) is 14.2. The summed E-state index contributed by atoms with van der Waals surface area (Å²) in [5.74, 6) is -2.34. The van der Waals surface area contributed by atoms with Gasteiger partial charge in [-0.3, -0.25) is 9.59 Å². The number of amides is 2. The van der Waals surface area contributed by atoms with Crippen molar-refractivity contribution in [3.05, 3.63) is 57.1 Å². The van der Waals surface area contributed by atoms with Crippen LogP contribution < -0.4 is 10.1 Å². The van der Waals surface area contributed by atoms with Crippen molar-refractivity contribution in [3.8, 4) is 5.75 Å². The highest BCUT2D eigenvalue weighted by molar-refractivity contribution is 7.90. The van der Waals surface area contributed by atoms with E-state index in [0.717, 1.165) is 0 Å². The van der Waals surface area contributed by atoms with Crippen LogP contribution in [-0.4, -0.2) is 75.9 Å². The monoisotopic (exact) mass is 571 g/mol. The van der Waals surface area contributed by atoms with Gasteiger partial charge in [-0.2, -0.15) is 4.31 Å². The fourth-order valence-electron chi connectivity index (χ4n) is 3.56. The van der Waals surface area contributed by atoms with E-state index in [0.29, 0.717) is 23.0 Å². The van der Waals surface area contributed by atoms with Gasteiger partial charge in [0.1, 0.15) is 10.6 Å². The highest BCUT2D eigenvalue weighted by atomic mass is 35.5. The van der Waals surface area contributed by atoms with E-state index in [1.165, 1.54) is 30.3 Å². The Morgan fingerprint density at radius 3 is 2.38 bits per heavy atom. The first-order chi connectivity index (χ1) is 17.3. The molecule has 1 N–H and O–H groups in total. The molecule has 37 heavy (non-hydrogen) atoms. The maximum Gasteiger partial charge on any atom is 0.342 e. The van der Waals surface area contributed by atoms with E-state index in [4.69, 9.17) is 32.7 Å². The van der Waals surface area contributed by atoms with Crippen LogP contribution in [0.3, 0.4) is 0 Å². The van der Waals surface area contributed by atoms with E-state index in [9.17, 15) is 22.8 Å². The number of hydrogen-bond donors (Lipinski definition) is 1. The molecule has 0 saturated heterocycles. The van der Waals surface area contributed by atoms with Crippen LogP contribution in [0.1, 0.15) is 46.0 Å². The maximum atomic E-state index is 13.3. The van der Waals surface area contributed by atoms with Crippen molar-refractivity contribution >= 4 is 51.0 Å². The summed E-state index contributed by atoms with van der Waals surface area (Å²) in [6, 6.07) is 7.11. The second-order valence-electron chi connectivity index (χ2n) is 8.80. The molecule has 1 heterocycles. The Balaban J connectivity index is 1.82. The van der Waals surface area contributed by atoms with Crippen molar-refractivity contribution in [1.29, 1.82) is 0 Å². The zero-order valence-corrected chi connectivity index (χ0v) is 23.0. The van der Waals surface area contributed by atoms with E-state index in [1.807, 2.05) is 19.0 Å². The topological polar surface area (TPSA) is 122 Å². The van der Waals surface area contributed by atoms with Crippen LogP contribution in [0.15, 0.2) is 35.2 Å². The van der Waals surface area contributed by atoms with E-state index in [2.05, 4.69) is 5.32 Å². The van der Waals surface area contributed by atoms with Crippen LogP contribution in [0.25, 0.3) is 0 Å². The molecule has 0 bridgehead atoms. The third kappa shape index (κ3) is 6.35. The minimum atomic E-state index is -4.38. The average molecular weight is 572 g/mol. The summed E-state index contributed by atoms with van der Waals surface area (Å²) in [6.45, 7) is 3.43. The summed E-state index contributed by atoms with van der Waals surface area (Å²) in [7, 11) is -0.633. The van der Waals surface area contributed by atoms with Crippen molar-refractivity contribution in [1.82, 2.24) is 14.5 Å². The lowest BCUT2D eigenvalue weighted by Crippen LogP contribution is -2.34. The van der Waals surface area contributed by atoms with Gasteiger partial charge in [0.25, 0.3) is 21.8 Å². The Morgan fingerprint density at radius 1 is 1.14 bits per heavy atom. The second-order valence-corrected chi connectivity index (χ2v) is 11.4. The average Bonchev–Trinajstić information content (AvgIpc) is 3.00. The Morgan fingerprint density at radius 2 is 1.78 bits per heavy atom. The smallest absolute Gasteiger partial charge is 0.342 e. The number of ether oxygens (including phenoxy) is 2. The van der Waals surface area contributed by atoms with Crippen LogP contribution in [-0.2, 0) is 19.6 Å². The van der Waals surface area contributed by atoms with Gasteiger partial charge < -0.3 is 19.7 Å². The number of benzene rings is 2. The molecule has 1 aliphatic heterocycles. The number of sulfonamides is 1. The molecular formula is C24H27Cl2N3O7S. The van der Waals surface area contributed by atoms with Crippen molar-refractivity contribution in [2.45, 2.75) is 24.7 Å². The lowest BCUT2D eigenvalue weighted by Gasteiger charge is -2.16. The van der Waals surface area contributed by atoms with E-state index in [1.54, 1.807) is 13.8 Å². The molecule has 200 valence electrons. The van der Waals surface area contributed by atoms with Crippen molar-refractivity contribution in [2.75, 3.05) is 40.5 Å². The molecule has 0 atom stereocenters. The third-order valence-corrected chi connectivity index (χ3v) is 7.83. The standard InChI is InChI=1S/C24H27Cl2N3O7S/c1-14(2)16-10-15(35-12-20(30)27-8-9-28(3)4)11-19-21(16)23(31)29(37(19,33)34)13-36-24(32)22-17(25)6-5-7-18(22)26/h5-7,10-11,14H,8-9,12-13H2,1-4H3,(H,27,30). The number of hydrogen-bond acceptors (Lipinski definition) is 8. The van der Waals surface area contributed by atoms with Gasteiger partial charge in [0, 0.05) is 19.2 Å². The summed E-state index contributed by atoms with van der Waals surface area (Å²) in [6.07, 6.45) is 0. The second kappa shape index (κ2) is 11.7. The van der Waals surface area contributed by atoms with E-state index < -0.39 is 28.6 Å². The fraction of sp³-hybridized carbons (Fsp3) is 0.375. The van der Waals surface area contributed by atoms with Crippen molar-refractivity contribution in [2.24, 2.45) is 0 Å². The Kier molecular flexibility index (Phi) is 9.06. The predicted octanol–water partition coefficient (Wildman–Crippen LogP) is 3.13. The quantitative estimate of drug-likeness (QED) is 0.431. The molecule has 0 fully saturated rings. The zero-order valence-electron chi connectivity index (χ0n) is 20.7. The Bertz CT molecular complexity index is 1310. The molecule has 0 spiro atoms. The summed E-state index contributed by atoms with van der Waals surface area (Å²) < 4.78 is 37.7. The molecule has 0 unspecified atom stereocenters. The lowest BCUT2D eigenvalue weighted by molar-refractivity contribution is -0.123. The summed E-state index contributed by atoms with van der Waals surface area (Å²) in [4.78, 5) is 39.4. The summed E-state index contributed by atoms with van der Waals surface area (Å²) in [5.41, 5.74) is 0.233. The molecule has 2 aromatic rings. The Hall–Kier alpha value is -2.86. The molecule has 3 rings (SSSR count). The van der Waals surface area contributed by atoms with Gasteiger partial charge >= 0.3 is 5.97 Å². The number of rotatable bonds is 10. The zero-order chi connectivity index (χ0) is 27.5. The van der Waals surface area contributed by atoms with Gasteiger partial charge in [-0.25, -0.2) is 13.2 Å². The minimum Gasteiger partial charge on any atom is -0.484 e. The van der Waals surface area contributed by atoms with Gasteiger partial charge in [-0.05, 0) is 43.8 Å². The number of carbonyl (C=O) groups excluding carboxylic acids is 3. The van der Waals surface area contributed by atoms with Crippen molar-refractivity contribution in [3.63, 3.8) is 0 Å². The Labute approximate surface area is 225 Å². The SMILES string of the molecule is CC(C)c1cc(OCC(=O)NCCN(C)C)cc2c1C(=O)N(COC(=O)c1c(Cl)cccc1Cl)S2(=O)=O. The van der Waals surface area contributed by atoms with Crippen LogP contribution in [0.5, 0.6) is 5.75 Å². The highest BCUT2D eigenvalue weighted by Gasteiger charge is 2.44. The predicted molar refractivity (Wildman–Crippen MR) is 138 cm³/mol. The first-order valence-electron chi connectivity index (χ1n) is 11.2. The van der Waals surface area contributed by atoms with Crippen LogP contribution in [0.2, 0.25) is 10.0 Å². The molecular weight excluding hydrogens is 545 g/mol. The molecule has 0 aromatic heterocycles. The number of carbonyl (C=O) groups is 3. The first kappa shape index (κ1) is 28.7. The fourth-order valence-corrected chi connectivity index (χ4v) is 5.58. The minimum absolute atomic E-state index is 0.0195.